The molecule has 0 unspecified atom stereocenters. The van der Waals surface area contributed by atoms with Gasteiger partial charge in [0.15, 0.2) is 0 Å². The summed E-state index contributed by atoms with van der Waals surface area (Å²) in [6, 6.07) is 3.47. The van der Waals surface area contributed by atoms with E-state index in [1.54, 1.807) is 0 Å². The lowest BCUT2D eigenvalue weighted by Gasteiger charge is -2.10. The summed E-state index contributed by atoms with van der Waals surface area (Å²) in [6.07, 6.45) is -3.21. The molecule has 0 aliphatic carbocycles. The lowest BCUT2D eigenvalue weighted by molar-refractivity contribution is -0.138. The molecule has 0 spiro atoms. The minimum absolute atomic E-state index is 0.00479. The maximum atomic E-state index is 12.3. The Morgan fingerprint density at radius 1 is 1.36 bits per heavy atom. The van der Waals surface area contributed by atoms with Gasteiger partial charge in [-0.05, 0) is 24.6 Å². The van der Waals surface area contributed by atoms with E-state index in [4.69, 9.17) is 0 Å². The van der Waals surface area contributed by atoms with Crippen LogP contribution >= 0.6 is 0 Å². The molecule has 1 aromatic rings. The highest BCUT2D eigenvalue weighted by atomic mass is 19.4. The van der Waals surface area contributed by atoms with E-state index >= 15 is 0 Å². The standard InChI is InChI=1S/C9H6F3NO/c1-6-7(9(10,11)12)3-2-4-8(6)13-5-14/h2-4H,1H3. The van der Waals surface area contributed by atoms with Crippen molar-refractivity contribution in [2.75, 3.05) is 0 Å². The molecular formula is C9H6F3NO. The first kappa shape index (κ1) is 10.5. The average molecular weight is 201 g/mol. The van der Waals surface area contributed by atoms with Gasteiger partial charge in [-0.3, -0.25) is 0 Å². The van der Waals surface area contributed by atoms with Gasteiger partial charge < -0.3 is 0 Å². The third kappa shape index (κ3) is 2.00. The van der Waals surface area contributed by atoms with Crippen molar-refractivity contribution in [1.29, 1.82) is 0 Å². The van der Waals surface area contributed by atoms with E-state index in [-0.39, 0.29) is 11.3 Å². The van der Waals surface area contributed by atoms with Crippen molar-refractivity contribution in [1.82, 2.24) is 0 Å². The molecule has 0 N–H and O–H groups in total. The molecule has 0 aromatic heterocycles. The van der Waals surface area contributed by atoms with E-state index in [0.29, 0.717) is 0 Å². The minimum Gasteiger partial charge on any atom is -0.211 e. The molecule has 0 saturated heterocycles. The van der Waals surface area contributed by atoms with Gasteiger partial charge in [-0.1, -0.05) is 6.07 Å². The Labute approximate surface area is 78.1 Å². The van der Waals surface area contributed by atoms with Gasteiger partial charge in [-0.25, -0.2) is 4.79 Å². The quantitative estimate of drug-likeness (QED) is 0.507. The van der Waals surface area contributed by atoms with Crippen LogP contribution in [0.3, 0.4) is 0 Å². The zero-order valence-corrected chi connectivity index (χ0v) is 7.22. The van der Waals surface area contributed by atoms with E-state index in [2.05, 4.69) is 4.99 Å². The highest BCUT2D eigenvalue weighted by Crippen LogP contribution is 2.35. The van der Waals surface area contributed by atoms with Gasteiger partial charge in [-0.2, -0.15) is 18.2 Å². The molecule has 0 fully saturated rings. The van der Waals surface area contributed by atoms with Crippen molar-refractivity contribution >= 4 is 11.8 Å². The lowest BCUT2D eigenvalue weighted by Crippen LogP contribution is -2.06. The maximum absolute atomic E-state index is 12.3. The van der Waals surface area contributed by atoms with Gasteiger partial charge >= 0.3 is 6.18 Å². The number of aliphatic imine (C=N–C) groups is 1. The third-order valence-electron chi connectivity index (χ3n) is 1.78. The van der Waals surface area contributed by atoms with Gasteiger partial charge in [0.25, 0.3) is 0 Å². The summed E-state index contributed by atoms with van der Waals surface area (Å²) in [4.78, 5) is 13.1. The van der Waals surface area contributed by atoms with E-state index in [0.717, 1.165) is 6.07 Å². The van der Waals surface area contributed by atoms with E-state index in [9.17, 15) is 18.0 Å². The number of nitrogens with zero attached hydrogens (tertiary/aromatic N) is 1. The van der Waals surface area contributed by atoms with Gasteiger partial charge in [-0.15, -0.1) is 0 Å². The third-order valence-corrected chi connectivity index (χ3v) is 1.78. The fraction of sp³-hybridized carbons (Fsp3) is 0.222. The van der Waals surface area contributed by atoms with Crippen molar-refractivity contribution in [3.05, 3.63) is 29.3 Å². The molecule has 0 bridgehead atoms. The van der Waals surface area contributed by atoms with Gasteiger partial charge in [0.1, 0.15) is 0 Å². The van der Waals surface area contributed by atoms with Crippen molar-refractivity contribution in [3.63, 3.8) is 0 Å². The fourth-order valence-corrected chi connectivity index (χ4v) is 1.10. The van der Waals surface area contributed by atoms with Gasteiger partial charge in [0.2, 0.25) is 6.08 Å². The Hall–Kier alpha value is -1.61. The first-order valence-corrected chi connectivity index (χ1v) is 3.71. The molecule has 1 rings (SSSR count). The van der Waals surface area contributed by atoms with Crippen LogP contribution in [-0.4, -0.2) is 6.08 Å². The summed E-state index contributed by atoms with van der Waals surface area (Å²) in [5.74, 6) is 0. The molecule has 0 aliphatic rings. The molecule has 0 saturated carbocycles. The molecule has 0 radical (unpaired) electrons. The van der Waals surface area contributed by atoms with Crippen LogP contribution in [0.25, 0.3) is 0 Å². The molecule has 0 amide bonds. The van der Waals surface area contributed by atoms with Crippen LogP contribution in [0.5, 0.6) is 0 Å². The van der Waals surface area contributed by atoms with Crippen molar-refractivity contribution in [2.24, 2.45) is 4.99 Å². The highest BCUT2D eigenvalue weighted by molar-refractivity contribution is 5.56. The summed E-state index contributed by atoms with van der Waals surface area (Å²) < 4.78 is 37.0. The molecule has 14 heavy (non-hydrogen) atoms. The van der Waals surface area contributed by atoms with Crippen molar-refractivity contribution in [2.45, 2.75) is 13.1 Å². The molecule has 74 valence electrons. The van der Waals surface area contributed by atoms with Crippen LogP contribution in [0.2, 0.25) is 0 Å². The Morgan fingerprint density at radius 2 is 2.00 bits per heavy atom. The molecule has 0 heterocycles. The first-order valence-electron chi connectivity index (χ1n) is 3.71. The highest BCUT2D eigenvalue weighted by Gasteiger charge is 2.32. The SMILES string of the molecule is Cc1c(N=C=O)cccc1C(F)(F)F. The number of hydrogen-bond acceptors (Lipinski definition) is 2. The predicted molar refractivity (Wildman–Crippen MR) is 44.0 cm³/mol. The van der Waals surface area contributed by atoms with Crippen LogP contribution in [0.15, 0.2) is 23.2 Å². The number of isocyanates is 1. The molecule has 0 atom stereocenters. The summed E-state index contributed by atoms with van der Waals surface area (Å²) >= 11 is 0. The summed E-state index contributed by atoms with van der Waals surface area (Å²) in [5, 5.41) is 0. The number of alkyl halides is 3. The molecule has 0 aliphatic heterocycles. The van der Waals surface area contributed by atoms with E-state index in [1.807, 2.05) is 0 Å². The number of carbonyl (C=O) groups excluding carboxylic acids is 1. The number of benzene rings is 1. The Morgan fingerprint density at radius 3 is 2.50 bits per heavy atom. The normalized spacial score (nSPS) is 10.9. The fourth-order valence-electron chi connectivity index (χ4n) is 1.10. The van der Waals surface area contributed by atoms with Crippen LogP contribution in [0.1, 0.15) is 11.1 Å². The number of hydrogen-bond donors (Lipinski definition) is 0. The van der Waals surface area contributed by atoms with Crippen molar-refractivity contribution < 1.29 is 18.0 Å². The topological polar surface area (TPSA) is 29.4 Å². The molecular weight excluding hydrogens is 195 g/mol. The Kier molecular flexibility index (Phi) is 2.72. The average Bonchev–Trinajstić information content (AvgIpc) is 2.07. The van der Waals surface area contributed by atoms with E-state index < -0.39 is 11.7 Å². The van der Waals surface area contributed by atoms with Crippen LogP contribution in [-0.2, 0) is 11.0 Å². The molecule has 1 aromatic carbocycles. The second-order valence-electron chi connectivity index (χ2n) is 2.65. The predicted octanol–water partition coefficient (Wildman–Crippen LogP) is 2.98. The second kappa shape index (κ2) is 3.64. The maximum Gasteiger partial charge on any atom is 0.416 e. The number of rotatable bonds is 1. The molecule has 2 nitrogen and oxygen atoms in total. The first-order chi connectivity index (χ1) is 6.46. The largest absolute Gasteiger partial charge is 0.416 e. The molecule has 5 heteroatoms. The monoisotopic (exact) mass is 201 g/mol. The second-order valence-corrected chi connectivity index (χ2v) is 2.65. The zero-order chi connectivity index (χ0) is 10.8. The van der Waals surface area contributed by atoms with Crippen molar-refractivity contribution in [3.8, 4) is 0 Å². The van der Waals surface area contributed by atoms with Gasteiger partial charge in [0, 0.05) is 0 Å². The van der Waals surface area contributed by atoms with Crippen LogP contribution < -0.4 is 0 Å². The summed E-state index contributed by atoms with van der Waals surface area (Å²) in [5.41, 5.74) is -0.854. The smallest absolute Gasteiger partial charge is 0.211 e. The van der Waals surface area contributed by atoms with Crippen LogP contribution in [0, 0.1) is 6.92 Å². The van der Waals surface area contributed by atoms with E-state index in [1.165, 1.54) is 25.1 Å². The summed E-state index contributed by atoms with van der Waals surface area (Å²) in [6.45, 7) is 1.26. The minimum atomic E-state index is -4.42. The lowest BCUT2D eigenvalue weighted by atomic mass is 10.1. The van der Waals surface area contributed by atoms with Crippen LogP contribution in [0.4, 0.5) is 18.9 Å². The Balaban J connectivity index is 3.34. The number of halogens is 3. The summed E-state index contributed by atoms with van der Waals surface area (Å²) in [7, 11) is 0. The zero-order valence-electron chi connectivity index (χ0n) is 7.22. The Bertz CT molecular complexity index is 392. The van der Waals surface area contributed by atoms with Gasteiger partial charge in [0.05, 0.1) is 11.3 Å².